The van der Waals surface area contributed by atoms with Gasteiger partial charge >= 0.3 is 68.5 Å². The first kappa shape index (κ1) is 23.3. The molecule has 0 aliphatic heterocycles. The molecule has 1 unspecified atom stereocenters. The van der Waals surface area contributed by atoms with Gasteiger partial charge in [-0.1, -0.05) is 19.8 Å². The summed E-state index contributed by atoms with van der Waals surface area (Å²) in [6, 6.07) is 0. The Morgan fingerprint density at radius 1 is 1.10 bits per heavy atom. The smallest absolute Gasteiger partial charge is 0.743 e. The van der Waals surface area contributed by atoms with Crippen LogP contribution < -0.4 is 51.4 Å². The fraction of sp³-hybridized carbons (Fsp3) is 1.00. The van der Waals surface area contributed by atoms with Gasteiger partial charge in [0.15, 0.2) is 16.3 Å². The quantitative estimate of drug-likeness (QED) is 0.364. The minimum atomic E-state index is -7.08. The molecule has 0 saturated heterocycles. The number of halogens is 7. The Morgan fingerprint density at radius 3 is 1.80 bits per heavy atom. The van der Waals surface area contributed by atoms with E-state index < -0.39 is 39.8 Å². The van der Waals surface area contributed by atoms with Crippen molar-refractivity contribution in [2.24, 2.45) is 0 Å². The van der Waals surface area contributed by atoms with Crippen molar-refractivity contribution < 1.29 is 95.1 Å². The van der Waals surface area contributed by atoms with Gasteiger partial charge in [0.05, 0.1) is 0 Å². The summed E-state index contributed by atoms with van der Waals surface area (Å²) in [5.41, 5.74) is 0. The Bertz CT molecular complexity index is 412. The summed E-state index contributed by atoms with van der Waals surface area (Å²) < 4.78 is 119. The molecule has 0 fully saturated rings. The third-order valence-electron chi connectivity index (χ3n) is 2.30. The van der Waals surface area contributed by atoms with Crippen LogP contribution in [-0.4, -0.2) is 36.2 Å². The molecule has 0 spiro atoms. The molecule has 0 amide bonds. The van der Waals surface area contributed by atoms with Gasteiger partial charge in [0.2, 0.25) is 0 Å². The van der Waals surface area contributed by atoms with E-state index in [4.69, 9.17) is 0 Å². The largest absolute Gasteiger partial charge is 1.00 e. The van der Waals surface area contributed by atoms with Gasteiger partial charge in [-0.05, 0) is 6.42 Å². The molecule has 0 heterocycles. The Hall–Kier alpha value is 1.06. The molecule has 0 radical (unpaired) electrons. The van der Waals surface area contributed by atoms with E-state index in [0.29, 0.717) is 0 Å². The van der Waals surface area contributed by atoms with Gasteiger partial charge in [-0.15, -0.1) is 0 Å². The van der Waals surface area contributed by atoms with Crippen molar-refractivity contribution in [2.45, 2.75) is 49.5 Å². The van der Waals surface area contributed by atoms with Crippen molar-refractivity contribution in [3.63, 3.8) is 0 Å². The second-order valence-corrected chi connectivity index (χ2v) is 5.20. The number of hydrogen-bond donors (Lipinski definition) is 0. The molecule has 116 valence electrons. The fourth-order valence-electron chi connectivity index (χ4n) is 1.11. The summed E-state index contributed by atoms with van der Waals surface area (Å²) >= 11 is 0. The fourth-order valence-corrected chi connectivity index (χ4v) is 1.56. The van der Waals surface area contributed by atoms with E-state index in [0.717, 1.165) is 0 Å². The average Bonchev–Trinajstić information content (AvgIpc) is 2.23. The zero-order valence-corrected chi connectivity index (χ0v) is 14.4. The average molecular weight is 358 g/mol. The Balaban J connectivity index is 0. The van der Waals surface area contributed by atoms with Crippen LogP contribution in [0, 0.1) is 0 Å². The third kappa shape index (κ3) is 4.29. The van der Waals surface area contributed by atoms with Crippen LogP contribution >= 0.6 is 0 Å². The zero-order chi connectivity index (χ0) is 15.7. The predicted octanol–water partition coefficient (Wildman–Crippen LogP) is -0.0727. The van der Waals surface area contributed by atoms with Gasteiger partial charge in [0.25, 0.3) is 0 Å². The van der Waals surface area contributed by atoms with Crippen molar-refractivity contribution in [1.82, 2.24) is 0 Å². The van der Waals surface area contributed by atoms with Gasteiger partial charge in [0.1, 0.15) is 0 Å². The first-order valence-corrected chi connectivity index (χ1v) is 6.37. The molecule has 0 aliphatic carbocycles. The summed E-state index contributed by atoms with van der Waals surface area (Å²) in [7, 11) is -7.08. The number of hydrogen-bond acceptors (Lipinski definition) is 3. The number of unbranched alkanes of at least 4 members (excludes halogenated alkanes) is 1. The van der Waals surface area contributed by atoms with Gasteiger partial charge in [0, 0.05) is 0 Å². The molecule has 0 rings (SSSR count). The topological polar surface area (TPSA) is 57.2 Å². The van der Waals surface area contributed by atoms with E-state index in [1.165, 1.54) is 6.92 Å². The van der Waals surface area contributed by atoms with Crippen molar-refractivity contribution in [3.05, 3.63) is 0 Å². The van der Waals surface area contributed by atoms with Crippen LogP contribution in [0.2, 0.25) is 0 Å². The van der Waals surface area contributed by atoms with E-state index in [-0.39, 0.29) is 64.2 Å². The third-order valence-corrected chi connectivity index (χ3v) is 3.19. The summed E-state index contributed by atoms with van der Waals surface area (Å²) in [5.74, 6) is -12.6. The van der Waals surface area contributed by atoms with Gasteiger partial charge in [-0.25, -0.2) is 12.8 Å². The first-order chi connectivity index (χ1) is 8.23. The first-order valence-electron chi connectivity index (χ1n) is 4.96. The van der Waals surface area contributed by atoms with Crippen LogP contribution in [0.4, 0.5) is 30.7 Å². The van der Waals surface area contributed by atoms with Crippen molar-refractivity contribution >= 4 is 10.1 Å². The molecule has 3 nitrogen and oxygen atoms in total. The van der Waals surface area contributed by atoms with Gasteiger partial charge in [-0.3, -0.25) is 0 Å². The number of alkyl halides is 7. The summed E-state index contributed by atoms with van der Waals surface area (Å²) in [5, 5.41) is -6.61. The van der Waals surface area contributed by atoms with Crippen LogP contribution in [0.1, 0.15) is 26.2 Å². The molecule has 0 aromatic rings. The zero-order valence-electron chi connectivity index (χ0n) is 10.5. The minimum Gasteiger partial charge on any atom is -0.743 e. The second-order valence-electron chi connectivity index (χ2n) is 3.78. The maximum absolute atomic E-state index is 12.9. The van der Waals surface area contributed by atoms with Crippen molar-refractivity contribution in [3.8, 4) is 0 Å². The number of rotatable bonds is 7. The van der Waals surface area contributed by atoms with Crippen LogP contribution in [-0.2, 0) is 10.1 Å². The van der Waals surface area contributed by atoms with E-state index in [9.17, 15) is 43.7 Å². The predicted molar refractivity (Wildman–Crippen MR) is 49.0 cm³/mol. The van der Waals surface area contributed by atoms with E-state index in [1.54, 1.807) is 0 Å². The Morgan fingerprint density at radius 2 is 1.50 bits per heavy atom. The molecule has 0 saturated carbocycles. The van der Waals surface area contributed by atoms with Crippen LogP contribution in [0.25, 0.3) is 0 Å². The van der Waals surface area contributed by atoms with Crippen LogP contribution in [0.15, 0.2) is 0 Å². The van der Waals surface area contributed by atoms with Crippen LogP contribution in [0.3, 0.4) is 0 Å². The Kier molecular flexibility index (Phi) is 8.81. The monoisotopic (exact) mass is 358 g/mol. The summed E-state index contributed by atoms with van der Waals surface area (Å²) in [4.78, 5) is 0. The summed E-state index contributed by atoms with van der Waals surface area (Å²) in [6.07, 6.45) is -5.05. The molecule has 0 bridgehead atoms. The van der Waals surface area contributed by atoms with Crippen molar-refractivity contribution in [2.75, 3.05) is 0 Å². The molecule has 1 atom stereocenters. The molecule has 20 heavy (non-hydrogen) atoms. The maximum atomic E-state index is 12.9. The maximum Gasteiger partial charge on any atom is 1.00 e. The molecular formula is C8H10F7KO3S. The molecule has 12 heteroatoms. The minimum absolute atomic E-state index is 0. The van der Waals surface area contributed by atoms with Gasteiger partial charge < -0.3 is 4.55 Å². The molecule has 0 N–H and O–H groups in total. The molecule has 0 aliphatic rings. The van der Waals surface area contributed by atoms with E-state index in [1.807, 2.05) is 0 Å². The SMILES string of the molecule is CCCCC(F)C(F)(F)C(F)(F)C(F)(F)S(=O)(=O)[O-].[K+]. The van der Waals surface area contributed by atoms with E-state index >= 15 is 0 Å². The van der Waals surface area contributed by atoms with E-state index in [2.05, 4.69) is 0 Å². The second kappa shape index (κ2) is 7.55. The van der Waals surface area contributed by atoms with Gasteiger partial charge in [-0.2, -0.15) is 26.3 Å². The Labute approximate surface area is 153 Å². The molecular weight excluding hydrogens is 348 g/mol. The summed E-state index contributed by atoms with van der Waals surface area (Å²) in [6.45, 7) is 1.40. The molecule has 0 aromatic heterocycles. The standard InChI is InChI=1S/C8H11F7O3S.K/c1-2-3-4-5(9)6(10,11)7(12,13)8(14,15)19(16,17)18;/h5H,2-4H2,1H3,(H,16,17,18);/q;+1/p-1. The van der Waals surface area contributed by atoms with Crippen LogP contribution in [0.5, 0.6) is 0 Å². The van der Waals surface area contributed by atoms with Crippen molar-refractivity contribution in [1.29, 1.82) is 0 Å². The molecule has 0 aromatic carbocycles. The normalized spacial score (nSPS) is 15.7.